The second-order valence-electron chi connectivity index (χ2n) is 4.28. The van der Waals surface area contributed by atoms with Gasteiger partial charge in [0.15, 0.2) is 0 Å². The van der Waals surface area contributed by atoms with Gasteiger partial charge in [0.25, 0.3) is 0 Å². The topological polar surface area (TPSA) is 56.7 Å². The average molecular weight is 276 g/mol. The molecule has 0 atom stereocenters. The highest BCUT2D eigenvalue weighted by molar-refractivity contribution is 7.20. The number of fused-ring (bicyclic) bond motifs is 1. The summed E-state index contributed by atoms with van der Waals surface area (Å²) in [7, 11) is 0. The number of rotatable bonds is 4. The van der Waals surface area contributed by atoms with Crippen LogP contribution >= 0.6 is 11.3 Å². The number of halogens is 1. The number of anilines is 1. The van der Waals surface area contributed by atoms with Crippen molar-refractivity contribution in [2.75, 3.05) is 12.4 Å². The van der Waals surface area contributed by atoms with E-state index in [-0.39, 0.29) is 6.67 Å². The summed E-state index contributed by atoms with van der Waals surface area (Å²) in [4.78, 5) is 4.51. The molecule has 19 heavy (non-hydrogen) atoms. The maximum atomic E-state index is 12.2. The molecule has 0 aliphatic carbocycles. The second kappa shape index (κ2) is 4.97. The molecule has 0 aliphatic heterocycles. The van der Waals surface area contributed by atoms with E-state index in [1.54, 1.807) is 28.3 Å². The SMILES string of the molecule is Nc1ccn(-c2nc3ccc(CCCF)cc3s2)n1. The number of nitrogens with two attached hydrogens (primary N) is 1. The molecule has 2 N–H and O–H groups in total. The Bertz CT molecular complexity index is 704. The summed E-state index contributed by atoms with van der Waals surface area (Å²) in [6, 6.07) is 7.77. The second-order valence-corrected chi connectivity index (χ2v) is 5.29. The van der Waals surface area contributed by atoms with Crippen LogP contribution in [0.5, 0.6) is 0 Å². The number of aryl methyl sites for hydroxylation is 1. The number of aromatic nitrogens is 3. The first kappa shape index (κ1) is 12.1. The molecule has 6 heteroatoms. The molecule has 0 spiro atoms. The van der Waals surface area contributed by atoms with Gasteiger partial charge in [-0.15, -0.1) is 5.10 Å². The Labute approximate surface area is 113 Å². The van der Waals surface area contributed by atoms with E-state index in [2.05, 4.69) is 16.1 Å². The number of hydrogen-bond donors (Lipinski definition) is 1. The molecule has 3 rings (SSSR count). The van der Waals surface area contributed by atoms with E-state index < -0.39 is 0 Å². The van der Waals surface area contributed by atoms with E-state index >= 15 is 0 Å². The minimum absolute atomic E-state index is 0.279. The average Bonchev–Trinajstić information content (AvgIpc) is 3.01. The van der Waals surface area contributed by atoms with Crippen molar-refractivity contribution in [3.8, 4) is 5.13 Å². The summed E-state index contributed by atoms with van der Waals surface area (Å²) in [6.07, 6.45) is 3.11. The lowest BCUT2D eigenvalue weighted by molar-refractivity contribution is 0.473. The lowest BCUT2D eigenvalue weighted by atomic mass is 10.1. The number of nitrogens with zero attached hydrogens (tertiary/aromatic N) is 3. The Hall–Kier alpha value is -1.95. The van der Waals surface area contributed by atoms with Crippen LogP contribution in [0.1, 0.15) is 12.0 Å². The number of alkyl halides is 1. The van der Waals surface area contributed by atoms with Gasteiger partial charge < -0.3 is 5.73 Å². The van der Waals surface area contributed by atoms with Crippen LogP contribution in [0.4, 0.5) is 10.2 Å². The molecule has 0 unspecified atom stereocenters. The molecule has 0 saturated carbocycles. The molecule has 3 aromatic rings. The van der Waals surface area contributed by atoms with Crippen LogP contribution in [0.15, 0.2) is 30.5 Å². The van der Waals surface area contributed by atoms with Crippen molar-refractivity contribution in [3.63, 3.8) is 0 Å². The van der Waals surface area contributed by atoms with Crippen LogP contribution in [-0.4, -0.2) is 21.4 Å². The van der Waals surface area contributed by atoms with Crippen molar-refractivity contribution in [1.82, 2.24) is 14.8 Å². The van der Waals surface area contributed by atoms with Crippen LogP contribution in [0.25, 0.3) is 15.3 Å². The van der Waals surface area contributed by atoms with Crippen LogP contribution in [0, 0.1) is 0 Å². The first-order chi connectivity index (χ1) is 9.26. The largest absolute Gasteiger partial charge is 0.382 e. The summed E-state index contributed by atoms with van der Waals surface area (Å²) in [5.74, 6) is 0.475. The van der Waals surface area contributed by atoms with Gasteiger partial charge >= 0.3 is 0 Å². The zero-order valence-electron chi connectivity index (χ0n) is 10.2. The van der Waals surface area contributed by atoms with Crippen LogP contribution < -0.4 is 5.73 Å². The molecule has 1 aromatic carbocycles. The molecule has 0 aliphatic rings. The Morgan fingerprint density at radius 1 is 1.32 bits per heavy atom. The molecule has 0 fully saturated rings. The number of nitrogen functional groups attached to an aromatic ring is 1. The van der Waals surface area contributed by atoms with Gasteiger partial charge in [-0.25, -0.2) is 9.67 Å². The number of benzene rings is 1. The first-order valence-electron chi connectivity index (χ1n) is 6.03. The standard InChI is InChI=1S/C13H13FN4S/c14-6-1-2-9-3-4-10-11(8-9)19-13(16-10)18-7-5-12(15)17-18/h3-5,7-8H,1-2,6H2,(H2,15,17). The highest BCUT2D eigenvalue weighted by Crippen LogP contribution is 2.26. The molecule has 0 radical (unpaired) electrons. The first-order valence-corrected chi connectivity index (χ1v) is 6.85. The van der Waals surface area contributed by atoms with Crippen LogP contribution in [0.3, 0.4) is 0 Å². The van der Waals surface area contributed by atoms with Gasteiger partial charge in [-0.1, -0.05) is 17.4 Å². The van der Waals surface area contributed by atoms with E-state index in [0.717, 1.165) is 27.3 Å². The normalized spacial score (nSPS) is 11.2. The van der Waals surface area contributed by atoms with E-state index in [0.29, 0.717) is 12.2 Å². The Morgan fingerprint density at radius 2 is 2.21 bits per heavy atom. The third kappa shape index (κ3) is 2.44. The maximum absolute atomic E-state index is 12.2. The third-order valence-corrected chi connectivity index (χ3v) is 3.85. The monoisotopic (exact) mass is 276 g/mol. The molecule has 0 saturated heterocycles. The molecule has 0 amide bonds. The van der Waals surface area contributed by atoms with Crippen molar-refractivity contribution in [2.24, 2.45) is 0 Å². The number of hydrogen-bond acceptors (Lipinski definition) is 4. The predicted octanol–water partition coefficient (Wildman–Crippen LogP) is 2.97. The smallest absolute Gasteiger partial charge is 0.211 e. The van der Waals surface area contributed by atoms with Crippen molar-refractivity contribution >= 4 is 27.4 Å². The van der Waals surface area contributed by atoms with Crippen molar-refractivity contribution in [1.29, 1.82) is 0 Å². The number of thiazole rings is 1. The van der Waals surface area contributed by atoms with Gasteiger partial charge in [-0.2, -0.15) is 0 Å². The summed E-state index contributed by atoms with van der Waals surface area (Å²) in [5.41, 5.74) is 7.67. The summed E-state index contributed by atoms with van der Waals surface area (Å²) in [5, 5.41) is 4.93. The molecular formula is C13H13FN4S. The fourth-order valence-corrected chi connectivity index (χ4v) is 2.89. The predicted molar refractivity (Wildman–Crippen MR) is 75.5 cm³/mol. The Balaban J connectivity index is 1.96. The molecule has 2 heterocycles. The molecule has 2 aromatic heterocycles. The van der Waals surface area contributed by atoms with Crippen LogP contribution in [-0.2, 0) is 6.42 Å². The maximum Gasteiger partial charge on any atom is 0.211 e. The van der Waals surface area contributed by atoms with Gasteiger partial charge in [0.05, 0.1) is 16.9 Å². The minimum Gasteiger partial charge on any atom is -0.382 e. The van der Waals surface area contributed by atoms with Crippen LogP contribution in [0.2, 0.25) is 0 Å². The van der Waals surface area contributed by atoms with E-state index in [9.17, 15) is 4.39 Å². The Kier molecular flexibility index (Phi) is 3.16. The lowest BCUT2D eigenvalue weighted by Crippen LogP contribution is -1.94. The zero-order chi connectivity index (χ0) is 13.2. The minimum atomic E-state index is -0.279. The van der Waals surface area contributed by atoms with Gasteiger partial charge in [-0.05, 0) is 30.5 Å². The fourth-order valence-electron chi connectivity index (χ4n) is 1.93. The van der Waals surface area contributed by atoms with E-state index in [4.69, 9.17) is 5.73 Å². The lowest BCUT2D eigenvalue weighted by Gasteiger charge is -1.97. The molecule has 0 bridgehead atoms. The van der Waals surface area contributed by atoms with Gasteiger partial charge in [0.1, 0.15) is 5.82 Å². The van der Waals surface area contributed by atoms with Gasteiger partial charge in [-0.3, -0.25) is 4.39 Å². The third-order valence-electron chi connectivity index (χ3n) is 2.85. The van der Waals surface area contributed by atoms with E-state index in [1.807, 2.05) is 12.1 Å². The molecular weight excluding hydrogens is 263 g/mol. The van der Waals surface area contributed by atoms with Gasteiger partial charge in [0.2, 0.25) is 5.13 Å². The van der Waals surface area contributed by atoms with Crippen molar-refractivity contribution < 1.29 is 4.39 Å². The van der Waals surface area contributed by atoms with Gasteiger partial charge in [0, 0.05) is 12.3 Å². The molecule has 98 valence electrons. The highest BCUT2D eigenvalue weighted by atomic mass is 32.1. The Morgan fingerprint density at radius 3 is 2.95 bits per heavy atom. The summed E-state index contributed by atoms with van der Waals surface area (Å²) < 4.78 is 14.9. The molecule has 4 nitrogen and oxygen atoms in total. The summed E-state index contributed by atoms with van der Waals surface area (Å²) >= 11 is 1.55. The summed E-state index contributed by atoms with van der Waals surface area (Å²) in [6.45, 7) is -0.279. The highest BCUT2D eigenvalue weighted by Gasteiger charge is 2.07. The zero-order valence-corrected chi connectivity index (χ0v) is 11.0. The van der Waals surface area contributed by atoms with Crippen molar-refractivity contribution in [3.05, 3.63) is 36.0 Å². The van der Waals surface area contributed by atoms with E-state index in [1.165, 1.54) is 0 Å². The quantitative estimate of drug-likeness (QED) is 0.797. The fraction of sp³-hybridized carbons (Fsp3) is 0.231. The van der Waals surface area contributed by atoms with Crippen molar-refractivity contribution in [2.45, 2.75) is 12.8 Å².